The van der Waals surface area contributed by atoms with Crippen molar-refractivity contribution in [3.63, 3.8) is 0 Å². The number of rotatable bonds is 6. The van der Waals surface area contributed by atoms with Gasteiger partial charge in [0, 0.05) is 13.2 Å². The van der Waals surface area contributed by atoms with Crippen LogP contribution in [0.15, 0.2) is 0 Å². The van der Waals surface area contributed by atoms with E-state index in [0.29, 0.717) is 5.92 Å². The van der Waals surface area contributed by atoms with Gasteiger partial charge >= 0.3 is 5.97 Å². The highest BCUT2D eigenvalue weighted by Crippen LogP contribution is 2.26. The lowest BCUT2D eigenvalue weighted by molar-refractivity contribution is -0.141. The summed E-state index contributed by atoms with van der Waals surface area (Å²) in [4.78, 5) is 11.0. The zero-order valence-corrected chi connectivity index (χ0v) is 10.2. The minimum absolute atomic E-state index is 0.229. The van der Waals surface area contributed by atoms with Gasteiger partial charge in [0.25, 0.3) is 0 Å². The molecule has 1 aliphatic carbocycles. The predicted molar refractivity (Wildman–Crippen MR) is 62.5 cm³/mol. The number of aliphatic carboxylic acids is 1. The first-order valence-corrected chi connectivity index (χ1v) is 6.13. The van der Waals surface area contributed by atoms with Crippen molar-refractivity contribution in [2.75, 3.05) is 13.7 Å². The summed E-state index contributed by atoms with van der Waals surface area (Å²) in [6.07, 6.45) is 6.31. The highest BCUT2D eigenvalue weighted by atomic mass is 16.5. The Labute approximate surface area is 97.4 Å². The van der Waals surface area contributed by atoms with Gasteiger partial charge in [-0.15, -0.1) is 0 Å². The molecule has 0 aliphatic heterocycles. The van der Waals surface area contributed by atoms with Gasteiger partial charge in [-0.1, -0.05) is 19.3 Å². The second-order valence-corrected chi connectivity index (χ2v) is 4.70. The fraction of sp³-hybridized carbons (Fsp3) is 0.917. The third kappa shape index (κ3) is 4.10. The molecule has 1 unspecified atom stereocenters. The van der Waals surface area contributed by atoms with Crippen LogP contribution in [0, 0.1) is 5.92 Å². The molecule has 0 aromatic heterocycles. The van der Waals surface area contributed by atoms with Crippen LogP contribution in [0.25, 0.3) is 0 Å². The van der Waals surface area contributed by atoms with Crippen LogP contribution in [0.5, 0.6) is 0 Å². The highest BCUT2D eigenvalue weighted by Gasteiger charge is 2.25. The van der Waals surface area contributed by atoms with Crippen molar-refractivity contribution in [3.05, 3.63) is 0 Å². The van der Waals surface area contributed by atoms with E-state index in [1.54, 1.807) is 0 Å². The minimum atomic E-state index is -0.829. The zero-order valence-electron chi connectivity index (χ0n) is 10.2. The molecule has 0 saturated heterocycles. The fourth-order valence-electron chi connectivity index (χ4n) is 2.44. The monoisotopic (exact) mass is 229 g/mol. The molecule has 0 aromatic carbocycles. The van der Waals surface area contributed by atoms with Crippen molar-refractivity contribution in [1.29, 1.82) is 0 Å². The summed E-state index contributed by atoms with van der Waals surface area (Å²) in [5, 5.41) is 12.2. The third-order valence-electron chi connectivity index (χ3n) is 3.45. The van der Waals surface area contributed by atoms with E-state index < -0.39 is 12.0 Å². The van der Waals surface area contributed by atoms with E-state index in [4.69, 9.17) is 9.84 Å². The zero-order chi connectivity index (χ0) is 12.0. The SMILES string of the molecule is COCC(N[C@H](C)C1CCCCC1)C(=O)O. The number of nitrogens with one attached hydrogen (secondary N) is 1. The summed E-state index contributed by atoms with van der Waals surface area (Å²) in [5.74, 6) is -0.211. The molecule has 16 heavy (non-hydrogen) atoms. The minimum Gasteiger partial charge on any atom is -0.480 e. The Bertz CT molecular complexity index is 214. The molecule has 4 nitrogen and oxygen atoms in total. The summed E-state index contributed by atoms with van der Waals surface area (Å²) in [6, 6.07) is -0.321. The summed E-state index contributed by atoms with van der Waals surface area (Å²) in [5.41, 5.74) is 0. The van der Waals surface area contributed by atoms with E-state index in [1.165, 1.54) is 39.2 Å². The number of carbonyl (C=O) groups is 1. The van der Waals surface area contributed by atoms with Crippen LogP contribution in [-0.4, -0.2) is 36.9 Å². The number of carboxylic acids is 1. The summed E-state index contributed by atoms with van der Waals surface area (Å²) < 4.78 is 4.91. The van der Waals surface area contributed by atoms with E-state index in [0.717, 1.165) is 0 Å². The van der Waals surface area contributed by atoms with Crippen LogP contribution >= 0.6 is 0 Å². The molecule has 0 radical (unpaired) electrons. The molecule has 94 valence electrons. The molecule has 1 saturated carbocycles. The molecular formula is C12H23NO3. The Hall–Kier alpha value is -0.610. The molecule has 0 amide bonds. The maximum Gasteiger partial charge on any atom is 0.323 e. The van der Waals surface area contributed by atoms with Crippen molar-refractivity contribution < 1.29 is 14.6 Å². The van der Waals surface area contributed by atoms with E-state index in [1.807, 2.05) is 0 Å². The van der Waals surface area contributed by atoms with Gasteiger partial charge < -0.3 is 9.84 Å². The highest BCUT2D eigenvalue weighted by molar-refractivity contribution is 5.73. The Kier molecular flexibility index (Phi) is 5.77. The molecular weight excluding hydrogens is 206 g/mol. The van der Waals surface area contributed by atoms with Gasteiger partial charge in [0.05, 0.1) is 6.61 Å². The fourth-order valence-corrected chi connectivity index (χ4v) is 2.44. The third-order valence-corrected chi connectivity index (χ3v) is 3.45. The van der Waals surface area contributed by atoms with Gasteiger partial charge in [-0.05, 0) is 25.7 Å². The summed E-state index contributed by atoms with van der Waals surface area (Å²) in [6.45, 7) is 2.31. The first-order valence-electron chi connectivity index (χ1n) is 6.13. The number of hydrogen-bond acceptors (Lipinski definition) is 3. The Morgan fingerprint density at radius 2 is 2.06 bits per heavy atom. The Morgan fingerprint density at radius 1 is 1.44 bits per heavy atom. The van der Waals surface area contributed by atoms with Gasteiger partial charge in [0.15, 0.2) is 0 Å². The molecule has 1 fully saturated rings. The molecule has 4 heteroatoms. The van der Waals surface area contributed by atoms with E-state index >= 15 is 0 Å². The molecule has 2 atom stereocenters. The lowest BCUT2D eigenvalue weighted by Crippen LogP contribution is -2.48. The average molecular weight is 229 g/mol. The Balaban J connectivity index is 2.39. The number of hydrogen-bond donors (Lipinski definition) is 2. The van der Waals surface area contributed by atoms with Crippen LogP contribution < -0.4 is 5.32 Å². The lowest BCUT2D eigenvalue weighted by atomic mass is 9.84. The van der Waals surface area contributed by atoms with E-state index in [2.05, 4.69) is 12.2 Å². The van der Waals surface area contributed by atoms with Gasteiger partial charge in [-0.3, -0.25) is 10.1 Å². The largest absolute Gasteiger partial charge is 0.480 e. The smallest absolute Gasteiger partial charge is 0.323 e. The molecule has 1 rings (SSSR count). The molecule has 2 N–H and O–H groups in total. The maximum atomic E-state index is 11.0. The van der Waals surface area contributed by atoms with Gasteiger partial charge in [0.2, 0.25) is 0 Å². The van der Waals surface area contributed by atoms with Crippen LogP contribution in [-0.2, 0) is 9.53 Å². The van der Waals surface area contributed by atoms with Gasteiger partial charge in [-0.2, -0.15) is 0 Å². The van der Waals surface area contributed by atoms with E-state index in [-0.39, 0.29) is 12.6 Å². The predicted octanol–water partition coefficient (Wildman–Crippen LogP) is 1.64. The van der Waals surface area contributed by atoms with Crippen LogP contribution in [0.2, 0.25) is 0 Å². The van der Waals surface area contributed by atoms with Crippen LogP contribution in [0.3, 0.4) is 0 Å². The second-order valence-electron chi connectivity index (χ2n) is 4.70. The van der Waals surface area contributed by atoms with Crippen LogP contribution in [0.1, 0.15) is 39.0 Å². The van der Waals surface area contributed by atoms with Crippen molar-refractivity contribution in [1.82, 2.24) is 5.32 Å². The van der Waals surface area contributed by atoms with Gasteiger partial charge in [-0.25, -0.2) is 0 Å². The Morgan fingerprint density at radius 3 is 2.56 bits per heavy atom. The quantitative estimate of drug-likeness (QED) is 0.727. The number of methoxy groups -OCH3 is 1. The van der Waals surface area contributed by atoms with Crippen molar-refractivity contribution in [2.45, 2.75) is 51.1 Å². The van der Waals surface area contributed by atoms with Crippen molar-refractivity contribution in [3.8, 4) is 0 Å². The summed E-state index contributed by atoms with van der Waals surface area (Å²) in [7, 11) is 1.53. The second kappa shape index (κ2) is 6.86. The first kappa shape index (κ1) is 13.5. The molecule has 0 bridgehead atoms. The van der Waals surface area contributed by atoms with Crippen molar-refractivity contribution in [2.24, 2.45) is 5.92 Å². The standard InChI is InChI=1S/C12H23NO3/c1-9(10-6-4-3-5-7-10)13-11(8-16-2)12(14)15/h9-11,13H,3-8H2,1-2H3,(H,14,15)/t9-,11?/m1/s1. The summed E-state index contributed by atoms with van der Waals surface area (Å²) >= 11 is 0. The maximum absolute atomic E-state index is 11.0. The molecule has 0 aromatic rings. The molecule has 0 heterocycles. The normalized spacial score (nSPS) is 21.6. The number of ether oxygens (including phenoxy) is 1. The van der Waals surface area contributed by atoms with Crippen LogP contribution in [0.4, 0.5) is 0 Å². The average Bonchev–Trinajstić information content (AvgIpc) is 2.29. The number of carboxylic acid groups (broad SMARTS) is 1. The topological polar surface area (TPSA) is 58.6 Å². The molecule has 1 aliphatic rings. The lowest BCUT2D eigenvalue weighted by Gasteiger charge is -2.30. The first-order chi connectivity index (χ1) is 7.65. The molecule has 0 spiro atoms. The van der Waals surface area contributed by atoms with Gasteiger partial charge in [0.1, 0.15) is 6.04 Å². The van der Waals surface area contributed by atoms with E-state index in [9.17, 15) is 4.79 Å². The van der Waals surface area contributed by atoms with Crippen molar-refractivity contribution >= 4 is 5.97 Å².